The van der Waals surface area contributed by atoms with Gasteiger partial charge in [-0.15, -0.1) is 0 Å². The van der Waals surface area contributed by atoms with E-state index in [4.69, 9.17) is 5.73 Å². The van der Waals surface area contributed by atoms with Crippen LogP contribution >= 0.6 is 0 Å². The van der Waals surface area contributed by atoms with Gasteiger partial charge in [0.15, 0.2) is 0 Å². The minimum atomic E-state index is -1.14. The molecule has 11 heteroatoms. The van der Waals surface area contributed by atoms with Gasteiger partial charge in [-0.25, -0.2) is 9.78 Å². The van der Waals surface area contributed by atoms with Crippen molar-refractivity contribution in [2.75, 3.05) is 0 Å². The van der Waals surface area contributed by atoms with Crippen LogP contribution in [0, 0.1) is 17.8 Å². The molecule has 0 aliphatic heterocycles. The lowest BCUT2D eigenvalue weighted by molar-refractivity contribution is -0.143. The number of aliphatic carboxylic acids is 1. The summed E-state index contributed by atoms with van der Waals surface area (Å²) in [5, 5.41) is 17.3. The molecular weight excluding hydrogens is 428 g/mol. The number of imidazole rings is 1. The van der Waals surface area contributed by atoms with E-state index in [2.05, 4.69) is 25.9 Å². The summed E-state index contributed by atoms with van der Waals surface area (Å²) in [6, 6.07) is -3.88. The molecule has 0 saturated carbocycles. The standard InChI is InChI=1S/C22H38N6O5/c1-11(2)7-16(22(32)33)27-21(31)18(13(5)6)28-19(29)15(8-14-9-24-10-25-14)26-20(30)17(23)12(3)4/h9-13,15-18H,7-8,23H2,1-6H3,(H,24,25)(H,26,30)(H,27,31)(H,28,29)(H,32,33). The number of rotatable bonds is 13. The number of hydrogen-bond acceptors (Lipinski definition) is 6. The van der Waals surface area contributed by atoms with E-state index >= 15 is 0 Å². The van der Waals surface area contributed by atoms with Crippen LogP contribution in [0.25, 0.3) is 0 Å². The Morgan fingerprint density at radius 3 is 2.00 bits per heavy atom. The molecule has 4 unspecified atom stereocenters. The lowest BCUT2D eigenvalue weighted by Gasteiger charge is -2.27. The van der Waals surface area contributed by atoms with Crippen LogP contribution in [0.1, 0.15) is 53.7 Å². The Labute approximate surface area is 194 Å². The zero-order valence-corrected chi connectivity index (χ0v) is 20.2. The van der Waals surface area contributed by atoms with Crippen LogP contribution in [0.3, 0.4) is 0 Å². The minimum absolute atomic E-state index is 0.0534. The number of H-pyrrole nitrogens is 1. The maximum atomic E-state index is 13.1. The molecule has 33 heavy (non-hydrogen) atoms. The molecular formula is C22H38N6O5. The van der Waals surface area contributed by atoms with E-state index in [1.54, 1.807) is 27.7 Å². The zero-order valence-electron chi connectivity index (χ0n) is 20.2. The summed E-state index contributed by atoms with van der Waals surface area (Å²) in [6.45, 7) is 10.8. The zero-order chi connectivity index (χ0) is 25.3. The third-order valence-corrected chi connectivity index (χ3v) is 5.20. The predicted octanol–water partition coefficient (Wildman–Crippen LogP) is 0.177. The highest BCUT2D eigenvalue weighted by Gasteiger charge is 2.32. The van der Waals surface area contributed by atoms with Crippen molar-refractivity contribution >= 4 is 23.7 Å². The van der Waals surface area contributed by atoms with E-state index in [1.165, 1.54) is 12.5 Å². The molecule has 0 radical (unpaired) electrons. The molecule has 0 aliphatic rings. The summed E-state index contributed by atoms with van der Waals surface area (Å²) >= 11 is 0. The molecule has 0 aliphatic carbocycles. The van der Waals surface area contributed by atoms with Crippen molar-refractivity contribution in [1.29, 1.82) is 0 Å². The molecule has 11 nitrogen and oxygen atoms in total. The molecule has 1 aromatic rings. The second-order valence-electron chi connectivity index (χ2n) is 9.37. The SMILES string of the molecule is CC(C)CC(NC(=O)C(NC(=O)C(Cc1cnc[nH]1)NC(=O)C(N)C(C)C)C(C)C)C(=O)O. The summed E-state index contributed by atoms with van der Waals surface area (Å²) in [7, 11) is 0. The Morgan fingerprint density at radius 2 is 1.55 bits per heavy atom. The summed E-state index contributed by atoms with van der Waals surface area (Å²) in [4.78, 5) is 56.8. The second kappa shape index (κ2) is 12.9. The first-order valence-electron chi connectivity index (χ1n) is 11.2. The minimum Gasteiger partial charge on any atom is -0.480 e. The quantitative estimate of drug-likeness (QED) is 0.240. The largest absolute Gasteiger partial charge is 0.480 e. The molecule has 4 atom stereocenters. The Hall–Kier alpha value is -2.95. The van der Waals surface area contributed by atoms with E-state index in [-0.39, 0.29) is 30.6 Å². The number of aromatic nitrogens is 2. The van der Waals surface area contributed by atoms with Gasteiger partial charge in [-0.3, -0.25) is 14.4 Å². The Bertz CT molecular complexity index is 793. The number of carbonyl (C=O) groups excluding carboxylic acids is 3. The second-order valence-corrected chi connectivity index (χ2v) is 9.37. The fourth-order valence-corrected chi connectivity index (χ4v) is 3.14. The van der Waals surface area contributed by atoms with Crippen LogP contribution in [0.15, 0.2) is 12.5 Å². The van der Waals surface area contributed by atoms with E-state index in [0.29, 0.717) is 5.69 Å². The van der Waals surface area contributed by atoms with Gasteiger partial charge in [-0.1, -0.05) is 41.5 Å². The molecule has 1 aromatic heterocycles. The van der Waals surface area contributed by atoms with Crippen LogP contribution < -0.4 is 21.7 Å². The molecule has 186 valence electrons. The van der Waals surface area contributed by atoms with Crippen LogP contribution in [-0.4, -0.2) is 62.9 Å². The highest BCUT2D eigenvalue weighted by atomic mass is 16.4. The molecule has 1 heterocycles. The smallest absolute Gasteiger partial charge is 0.326 e. The fourth-order valence-electron chi connectivity index (χ4n) is 3.14. The molecule has 0 bridgehead atoms. The highest BCUT2D eigenvalue weighted by Crippen LogP contribution is 2.09. The molecule has 0 spiro atoms. The van der Waals surface area contributed by atoms with Crippen molar-refractivity contribution in [2.45, 2.75) is 78.6 Å². The molecule has 0 aromatic carbocycles. The summed E-state index contributed by atoms with van der Waals surface area (Å²) in [5.74, 6) is -3.23. The first kappa shape index (κ1) is 28.1. The van der Waals surface area contributed by atoms with Gasteiger partial charge in [0.25, 0.3) is 0 Å². The number of hydrogen-bond donors (Lipinski definition) is 6. The number of nitrogens with zero attached hydrogens (tertiary/aromatic N) is 1. The van der Waals surface area contributed by atoms with Gasteiger partial charge in [-0.05, 0) is 24.2 Å². The van der Waals surface area contributed by atoms with E-state index in [9.17, 15) is 24.3 Å². The van der Waals surface area contributed by atoms with Gasteiger partial charge in [-0.2, -0.15) is 0 Å². The van der Waals surface area contributed by atoms with Crippen molar-refractivity contribution in [3.05, 3.63) is 18.2 Å². The van der Waals surface area contributed by atoms with Crippen molar-refractivity contribution in [3.63, 3.8) is 0 Å². The molecule has 7 N–H and O–H groups in total. The van der Waals surface area contributed by atoms with Crippen molar-refractivity contribution in [3.8, 4) is 0 Å². The lowest BCUT2D eigenvalue weighted by atomic mass is 9.99. The predicted molar refractivity (Wildman–Crippen MR) is 123 cm³/mol. The number of carboxylic acid groups (broad SMARTS) is 1. The maximum Gasteiger partial charge on any atom is 0.326 e. The Kier molecular flexibility index (Phi) is 11.0. The highest BCUT2D eigenvalue weighted by molar-refractivity contribution is 5.94. The van der Waals surface area contributed by atoms with E-state index in [0.717, 1.165) is 0 Å². The van der Waals surface area contributed by atoms with Gasteiger partial charge in [0.1, 0.15) is 18.1 Å². The molecule has 0 fully saturated rings. The number of carboxylic acids is 1. The Morgan fingerprint density at radius 1 is 0.939 bits per heavy atom. The number of carbonyl (C=O) groups is 4. The Balaban J connectivity index is 3.02. The van der Waals surface area contributed by atoms with Gasteiger partial charge < -0.3 is 31.8 Å². The third-order valence-electron chi connectivity index (χ3n) is 5.20. The summed E-state index contributed by atoms with van der Waals surface area (Å²) in [5.41, 5.74) is 6.53. The van der Waals surface area contributed by atoms with Gasteiger partial charge in [0.2, 0.25) is 17.7 Å². The van der Waals surface area contributed by atoms with Crippen LogP contribution in [0.2, 0.25) is 0 Å². The first-order valence-corrected chi connectivity index (χ1v) is 11.2. The average Bonchev–Trinajstić information content (AvgIpc) is 3.22. The van der Waals surface area contributed by atoms with Gasteiger partial charge in [0, 0.05) is 18.3 Å². The molecule has 3 amide bonds. The van der Waals surface area contributed by atoms with Gasteiger partial charge >= 0.3 is 5.97 Å². The summed E-state index contributed by atoms with van der Waals surface area (Å²) in [6.07, 6.45) is 3.35. The van der Waals surface area contributed by atoms with Crippen LogP contribution in [-0.2, 0) is 25.6 Å². The van der Waals surface area contributed by atoms with Crippen molar-refractivity contribution in [1.82, 2.24) is 25.9 Å². The first-order chi connectivity index (χ1) is 15.3. The molecule has 1 rings (SSSR count). The normalized spacial score (nSPS) is 15.1. The van der Waals surface area contributed by atoms with Crippen LogP contribution in [0.4, 0.5) is 0 Å². The monoisotopic (exact) mass is 466 g/mol. The number of aromatic amines is 1. The number of amides is 3. The maximum absolute atomic E-state index is 13.1. The van der Waals surface area contributed by atoms with E-state index in [1.807, 2.05) is 13.8 Å². The van der Waals surface area contributed by atoms with Gasteiger partial charge in [0.05, 0.1) is 12.4 Å². The van der Waals surface area contributed by atoms with Crippen LogP contribution in [0.5, 0.6) is 0 Å². The lowest BCUT2D eigenvalue weighted by Crippen LogP contribution is -2.59. The number of nitrogens with one attached hydrogen (secondary N) is 4. The van der Waals surface area contributed by atoms with Crippen molar-refractivity contribution in [2.24, 2.45) is 23.5 Å². The van der Waals surface area contributed by atoms with Crippen molar-refractivity contribution < 1.29 is 24.3 Å². The van der Waals surface area contributed by atoms with E-state index < -0.39 is 47.9 Å². The topological polar surface area (TPSA) is 179 Å². The summed E-state index contributed by atoms with van der Waals surface area (Å²) < 4.78 is 0. The fraction of sp³-hybridized carbons (Fsp3) is 0.682. The molecule has 0 saturated heterocycles. The third kappa shape index (κ3) is 9.21. The average molecular weight is 467 g/mol. The number of nitrogens with two attached hydrogens (primary N) is 1.